The van der Waals surface area contributed by atoms with Gasteiger partial charge in [0.05, 0.1) is 18.2 Å². The number of benzene rings is 1. The molecule has 2 aliphatic heterocycles. The highest BCUT2D eigenvalue weighted by Crippen LogP contribution is 2.36. The van der Waals surface area contributed by atoms with Crippen LogP contribution in [-0.4, -0.2) is 53.1 Å². The van der Waals surface area contributed by atoms with Crippen molar-refractivity contribution >= 4 is 5.91 Å². The van der Waals surface area contributed by atoms with Crippen LogP contribution in [-0.2, 0) is 11.0 Å². The van der Waals surface area contributed by atoms with E-state index in [2.05, 4.69) is 0 Å². The first-order valence-corrected chi connectivity index (χ1v) is 8.21. The lowest BCUT2D eigenvalue weighted by Crippen LogP contribution is -2.39. The number of nitrogens with zero attached hydrogens (tertiary/aromatic N) is 2. The van der Waals surface area contributed by atoms with E-state index < -0.39 is 17.8 Å². The van der Waals surface area contributed by atoms with Crippen molar-refractivity contribution in [3.63, 3.8) is 0 Å². The molecule has 3 rings (SSSR count). The van der Waals surface area contributed by atoms with Gasteiger partial charge in [0.25, 0.3) is 0 Å². The SMILES string of the molecule is O=C(CN1C[C@H](O)C[C@@H]1c1cccc(C(F)(F)F)c1)N1CCCC1. The smallest absolute Gasteiger partial charge is 0.392 e. The van der Waals surface area contributed by atoms with E-state index in [-0.39, 0.29) is 18.5 Å². The first kappa shape index (κ1) is 17.2. The highest BCUT2D eigenvalue weighted by Gasteiger charge is 2.36. The van der Waals surface area contributed by atoms with Crippen LogP contribution < -0.4 is 0 Å². The average Bonchev–Trinajstić information content (AvgIpc) is 3.16. The molecule has 2 fully saturated rings. The number of alkyl halides is 3. The predicted octanol–water partition coefficient (Wildman–Crippen LogP) is 2.44. The summed E-state index contributed by atoms with van der Waals surface area (Å²) >= 11 is 0. The predicted molar refractivity (Wildman–Crippen MR) is 82.2 cm³/mol. The molecular formula is C17H21F3N2O2. The summed E-state index contributed by atoms with van der Waals surface area (Å²) in [5.41, 5.74) is -0.206. The third-order valence-corrected chi connectivity index (χ3v) is 4.78. The zero-order chi connectivity index (χ0) is 17.3. The number of likely N-dealkylation sites (tertiary alicyclic amines) is 2. The van der Waals surface area contributed by atoms with E-state index in [0.29, 0.717) is 18.5 Å². The Labute approximate surface area is 138 Å². The van der Waals surface area contributed by atoms with E-state index in [1.807, 2.05) is 0 Å². The summed E-state index contributed by atoms with van der Waals surface area (Å²) in [4.78, 5) is 15.9. The molecule has 0 aromatic heterocycles. The Kier molecular flexibility index (Phi) is 4.83. The summed E-state index contributed by atoms with van der Waals surface area (Å²) in [5.74, 6) is -0.0152. The van der Waals surface area contributed by atoms with E-state index in [9.17, 15) is 23.1 Å². The van der Waals surface area contributed by atoms with Crippen LogP contribution in [0.15, 0.2) is 24.3 Å². The molecule has 0 unspecified atom stereocenters. The summed E-state index contributed by atoms with van der Waals surface area (Å²) in [6.07, 6.45) is -2.70. The molecule has 7 heteroatoms. The Morgan fingerprint density at radius 2 is 1.96 bits per heavy atom. The number of amides is 1. The number of rotatable bonds is 3. The topological polar surface area (TPSA) is 43.8 Å². The molecule has 0 spiro atoms. The van der Waals surface area contributed by atoms with Gasteiger partial charge in [0.1, 0.15) is 0 Å². The number of carbonyl (C=O) groups is 1. The van der Waals surface area contributed by atoms with Gasteiger partial charge < -0.3 is 10.0 Å². The third-order valence-electron chi connectivity index (χ3n) is 4.78. The second kappa shape index (κ2) is 6.72. The van der Waals surface area contributed by atoms with Crippen molar-refractivity contribution < 1.29 is 23.1 Å². The van der Waals surface area contributed by atoms with Crippen molar-refractivity contribution in [2.24, 2.45) is 0 Å². The van der Waals surface area contributed by atoms with Crippen LogP contribution >= 0.6 is 0 Å². The third kappa shape index (κ3) is 3.72. The molecule has 24 heavy (non-hydrogen) atoms. The molecule has 0 bridgehead atoms. The summed E-state index contributed by atoms with van der Waals surface area (Å²) in [5, 5.41) is 9.95. The summed E-state index contributed by atoms with van der Waals surface area (Å²) < 4.78 is 38.8. The Bertz CT molecular complexity index is 600. The number of hydrogen-bond donors (Lipinski definition) is 1. The number of halogens is 3. The minimum atomic E-state index is -4.40. The van der Waals surface area contributed by atoms with Crippen LogP contribution in [0.1, 0.15) is 36.4 Å². The van der Waals surface area contributed by atoms with Crippen molar-refractivity contribution in [2.45, 2.75) is 37.6 Å². The van der Waals surface area contributed by atoms with E-state index in [4.69, 9.17) is 0 Å². The monoisotopic (exact) mass is 342 g/mol. The minimum absolute atomic E-state index is 0.0152. The van der Waals surface area contributed by atoms with Crippen LogP contribution in [0.25, 0.3) is 0 Å². The zero-order valence-corrected chi connectivity index (χ0v) is 13.3. The van der Waals surface area contributed by atoms with Crippen molar-refractivity contribution in [1.82, 2.24) is 9.80 Å². The lowest BCUT2D eigenvalue weighted by molar-refractivity contribution is -0.137. The maximum atomic E-state index is 12.9. The van der Waals surface area contributed by atoms with Gasteiger partial charge in [0.15, 0.2) is 0 Å². The van der Waals surface area contributed by atoms with Crippen LogP contribution in [0.5, 0.6) is 0 Å². The average molecular weight is 342 g/mol. The second-order valence-electron chi connectivity index (χ2n) is 6.55. The van der Waals surface area contributed by atoms with Crippen molar-refractivity contribution in [2.75, 3.05) is 26.2 Å². The van der Waals surface area contributed by atoms with Crippen molar-refractivity contribution in [3.8, 4) is 0 Å². The molecule has 1 aromatic rings. The molecule has 132 valence electrons. The lowest BCUT2D eigenvalue weighted by Gasteiger charge is -2.26. The Morgan fingerprint density at radius 3 is 2.62 bits per heavy atom. The Morgan fingerprint density at radius 1 is 1.25 bits per heavy atom. The fraction of sp³-hybridized carbons (Fsp3) is 0.588. The van der Waals surface area contributed by atoms with E-state index >= 15 is 0 Å². The maximum absolute atomic E-state index is 12.9. The second-order valence-corrected chi connectivity index (χ2v) is 6.55. The molecule has 2 saturated heterocycles. The van der Waals surface area contributed by atoms with E-state index in [1.165, 1.54) is 6.07 Å². The van der Waals surface area contributed by atoms with Crippen LogP contribution in [0, 0.1) is 0 Å². The Balaban J connectivity index is 1.76. The number of β-amino-alcohol motifs (C(OH)–C–C–N with tert-alkyl or cyclic N) is 1. The summed E-state index contributed by atoms with van der Waals surface area (Å²) in [6.45, 7) is 1.92. The number of hydrogen-bond acceptors (Lipinski definition) is 3. The fourth-order valence-corrected chi connectivity index (χ4v) is 3.56. The molecule has 0 radical (unpaired) electrons. The van der Waals surface area contributed by atoms with Gasteiger partial charge in [-0.15, -0.1) is 0 Å². The molecule has 2 heterocycles. The van der Waals surface area contributed by atoms with Gasteiger partial charge in [0, 0.05) is 25.7 Å². The molecule has 2 aliphatic rings. The number of carbonyl (C=O) groups excluding carboxylic acids is 1. The number of aliphatic hydroxyl groups is 1. The van der Waals surface area contributed by atoms with Crippen LogP contribution in [0.2, 0.25) is 0 Å². The van der Waals surface area contributed by atoms with Gasteiger partial charge in [-0.2, -0.15) is 13.2 Å². The molecule has 4 nitrogen and oxygen atoms in total. The van der Waals surface area contributed by atoms with Gasteiger partial charge in [0.2, 0.25) is 5.91 Å². The van der Waals surface area contributed by atoms with Crippen molar-refractivity contribution in [1.29, 1.82) is 0 Å². The molecule has 0 saturated carbocycles. The van der Waals surface area contributed by atoms with Gasteiger partial charge in [-0.25, -0.2) is 0 Å². The summed E-state index contributed by atoms with van der Waals surface area (Å²) in [6, 6.07) is 4.80. The van der Waals surface area contributed by atoms with Gasteiger partial charge in [-0.3, -0.25) is 9.69 Å². The highest BCUT2D eigenvalue weighted by molar-refractivity contribution is 5.78. The maximum Gasteiger partial charge on any atom is 0.416 e. The minimum Gasteiger partial charge on any atom is -0.392 e. The van der Waals surface area contributed by atoms with Crippen LogP contribution in [0.4, 0.5) is 13.2 Å². The molecule has 1 amide bonds. The highest BCUT2D eigenvalue weighted by atomic mass is 19.4. The largest absolute Gasteiger partial charge is 0.416 e. The standard InChI is InChI=1S/C17H21F3N2O2/c18-17(19,20)13-5-3-4-12(8-13)15-9-14(23)10-22(15)11-16(24)21-6-1-2-7-21/h3-5,8,14-15,23H,1-2,6-7,9-11H2/t14-,15-/m1/s1. The normalized spacial score (nSPS) is 25.4. The first-order valence-electron chi connectivity index (χ1n) is 8.21. The molecular weight excluding hydrogens is 321 g/mol. The quantitative estimate of drug-likeness (QED) is 0.918. The van der Waals surface area contributed by atoms with Gasteiger partial charge in [-0.1, -0.05) is 12.1 Å². The molecule has 1 aromatic carbocycles. The van der Waals surface area contributed by atoms with Crippen molar-refractivity contribution in [3.05, 3.63) is 35.4 Å². The zero-order valence-electron chi connectivity index (χ0n) is 13.3. The van der Waals surface area contributed by atoms with Gasteiger partial charge in [-0.05, 0) is 37.0 Å². The fourth-order valence-electron chi connectivity index (χ4n) is 3.56. The molecule has 1 N–H and O–H groups in total. The lowest BCUT2D eigenvalue weighted by atomic mass is 10.0. The van der Waals surface area contributed by atoms with E-state index in [1.54, 1.807) is 15.9 Å². The van der Waals surface area contributed by atoms with Crippen LogP contribution in [0.3, 0.4) is 0 Å². The first-order chi connectivity index (χ1) is 11.3. The Hall–Kier alpha value is -1.60. The summed E-state index contributed by atoms with van der Waals surface area (Å²) in [7, 11) is 0. The molecule has 0 aliphatic carbocycles. The molecule has 2 atom stereocenters. The van der Waals surface area contributed by atoms with E-state index in [0.717, 1.165) is 38.1 Å². The van der Waals surface area contributed by atoms with Gasteiger partial charge >= 0.3 is 6.18 Å². The number of aliphatic hydroxyl groups excluding tert-OH is 1.